The minimum absolute atomic E-state index is 0.0208. The molecule has 22 heavy (non-hydrogen) atoms. The fourth-order valence-corrected chi connectivity index (χ4v) is 1.21. The molecule has 0 aliphatic heterocycles. The SMILES string of the molecule is CC.COC(C)(C)C(C)(C)C.Cc1cc(CC#N)ccc1F. The van der Waals surface area contributed by atoms with Crippen LogP contribution in [0, 0.1) is 29.5 Å². The van der Waals surface area contributed by atoms with E-state index in [9.17, 15) is 4.39 Å². The van der Waals surface area contributed by atoms with E-state index in [4.69, 9.17) is 10.00 Å². The first-order valence-electron chi connectivity index (χ1n) is 7.72. The monoisotopic (exact) mass is 309 g/mol. The van der Waals surface area contributed by atoms with Gasteiger partial charge in [-0.3, -0.25) is 0 Å². The minimum atomic E-state index is -0.216. The Hall–Kier alpha value is -1.40. The van der Waals surface area contributed by atoms with Crippen LogP contribution in [0.1, 0.15) is 59.6 Å². The van der Waals surface area contributed by atoms with Crippen molar-refractivity contribution in [2.75, 3.05) is 7.11 Å². The van der Waals surface area contributed by atoms with Crippen LogP contribution in [0.5, 0.6) is 0 Å². The van der Waals surface area contributed by atoms with E-state index in [0.29, 0.717) is 12.0 Å². The Balaban J connectivity index is 0. The molecule has 1 aromatic rings. The Kier molecular flexibility index (Phi) is 10.8. The van der Waals surface area contributed by atoms with Crippen molar-refractivity contribution in [1.29, 1.82) is 5.26 Å². The van der Waals surface area contributed by atoms with Crippen molar-refractivity contribution in [3.63, 3.8) is 0 Å². The summed E-state index contributed by atoms with van der Waals surface area (Å²) in [7, 11) is 1.76. The maximum Gasteiger partial charge on any atom is 0.126 e. The van der Waals surface area contributed by atoms with Crippen LogP contribution in [0.4, 0.5) is 4.39 Å². The highest BCUT2D eigenvalue weighted by Crippen LogP contribution is 2.31. The molecule has 0 saturated heterocycles. The molecular formula is C19H32FNO. The van der Waals surface area contributed by atoms with E-state index >= 15 is 0 Å². The van der Waals surface area contributed by atoms with Crippen LogP contribution in [0.3, 0.4) is 0 Å². The second kappa shape index (κ2) is 10.3. The summed E-state index contributed by atoms with van der Waals surface area (Å²) in [6.07, 6.45) is 0.348. The Morgan fingerprint density at radius 2 is 1.64 bits per heavy atom. The van der Waals surface area contributed by atoms with Gasteiger partial charge in [0.1, 0.15) is 5.82 Å². The fourth-order valence-electron chi connectivity index (χ4n) is 1.21. The standard InChI is InChI=1S/C9H8FN.C8H18O.C2H6/c1-7-6-8(4-5-11)2-3-9(7)10;1-7(2,3)8(4,5)9-6;1-2/h2-3,6H,4H2,1H3;1-6H3;1-2H3. The summed E-state index contributed by atoms with van der Waals surface area (Å²) in [5.41, 5.74) is 1.67. The molecule has 0 aliphatic carbocycles. The van der Waals surface area contributed by atoms with E-state index < -0.39 is 0 Å². The zero-order valence-corrected chi connectivity index (χ0v) is 15.7. The summed E-state index contributed by atoms with van der Waals surface area (Å²) in [5, 5.41) is 8.34. The van der Waals surface area contributed by atoms with Gasteiger partial charge in [0, 0.05) is 7.11 Å². The van der Waals surface area contributed by atoms with Crippen molar-refractivity contribution < 1.29 is 9.13 Å². The van der Waals surface area contributed by atoms with Crippen LogP contribution in [0.25, 0.3) is 0 Å². The molecule has 0 atom stereocenters. The molecule has 0 spiro atoms. The number of halogens is 1. The van der Waals surface area contributed by atoms with Crippen molar-refractivity contribution in [3.05, 3.63) is 35.1 Å². The fraction of sp³-hybridized carbons (Fsp3) is 0.632. The normalized spacial score (nSPS) is 10.6. The number of aryl methyl sites for hydroxylation is 1. The van der Waals surface area contributed by atoms with Crippen molar-refractivity contribution in [2.45, 2.75) is 67.4 Å². The maximum atomic E-state index is 12.7. The zero-order valence-electron chi connectivity index (χ0n) is 15.7. The molecule has 126 valence electrons. The zero-order chi connectivity index (χ0) is 18.0. The van der Waals surface area contributed by atoms with Crippen molar-refractivity contribution in [1.82, 2.24) is 0 Å². The summed E-state index contributed by atoms with van der Waals surface area (Å²) in [6, 6.07) is 6.72. The molecule has 1 rings (SSSR count). The molecule has 1 aromatic carbocycles. The Morgan fingerprint density at radius 1 is 1.14 bits per heavy atom. The molecule has 0 N–H and O–H groups in total. The number of nitriles is 1. The van der Waals surface area contributed by atoms with Gasteiger partial charge in [-0.05, 0) is 43.4 Å². The van der Waals surface area contributed by atoms with Gasteiger partial charge in [-0.15, -0.1) is 0 Å². The number of methoxy groups -OCH3 is 1. The molecule has 0 amide bonds. The van der Waals surface area contributed by atoms with Gasteiger partial charge in [-0.2, -0.15) is 5.26 Å². The average molecular weight is 309 g/mol. The predicted molar refractivity (Wildman–Crippen MR) is 92.3 cm³/mol. The average Bonchev–Trinajstić information content (AvgIpc) is 2.45. The molecule has 0 unspecified atom stereocenters. The van der Waals surface area contributed by atoms with Gasteiger partial charge in [0.15, 0.2) is 0 Å². The number of hydrogen-bond acceptors (Lipinski definition) is 2. The largest absolute Gasteiger partial charge is 0.378 e. The lowest BCUT2D eigenvalue weighted by atomic mass is 9.79. The molecule has 0 aliphatic rings. The first-order chi connectivity index (χ1) is 10.0. The lowest BCUT2D eigenvalue weighted by molar-refractivity contribution is -0.0620. The Morgan fingerprint density at radius 3 is 1.91 bits per heavy atom. The predicted octanol–water partition coefficient (Wildman–Crippen LogP) is 5.68. The summed E-state index contributed by atoms with van der Waals surface area (Å²) >= 11 is 0. The van der Waals surface area contributed by atoms with Gasteiger partial charge >= 0.3 is 0 Å². The Bertz CT molecular complexity index is 467. The molecular weight excluding hydrogens is 277 g/mol. The van der Waals surface area contributed by atoms with E-state index in [1.807, 2.05) is 19.9 Å². The number of rotatable bonds is 2. The van der Waals surface area contributed by atoms with Gasteiger partial charge in [0.05, 0.1) is 18.1 Å². The highest BCUT2D eigenvalue weighted by atomic mass is 19.1. The smallest absolute Gasteiger partial charge is 0.126 e. The first-order valence-corrected chi connectivity index (χ1v) is 7.72. The number of ether oxygens (including phenoxy) is 1. The van der Waals surface area contributed by atoms with Gasteiger partial charge in [0.2, 0.25) is 0 Å². The highest BCUT2D eigenvalue weighted by molar-refractivity contribution is 5.25. The van der Waals surface area contributed by atoms with Crippen LogP contribution in [-0.4, -0.2) is 12.7 Å². The lowest BCUT2D eigenvalue weighted by Crippen LogP contribution is -2.38. The molecule has 0 saturated carbocycles. The summed E-state index contributed by atoms with van der Waals surface area (Å²) < 4.78 is 18.0. The van der Waals surface area contributed by atoms with E-state index in [1.165, 1.54) is 6.07 Å². The van der Waals surface area contributed by atoms with Crippen LogP contribution < -0.4 is 0 Å². The number of benzene rings is 1. The van der Waals surface area contributed by atoms with E-state index in [0.717, 1.165) is 5.56 Å². The topological polar surface area (TPSA) is 33.0 Å². The highest BCUT2D eigenvalue weighted by Gasteiger charge is 2.32. The van der Waals surface area contributed by atoms with Gasteiger partial charge in [-0.1, -0.05) is 46.8 Å². The summed E-state index contributed by atoms with van der Waals surface area (Å²) in [5.74, 6) is -0.216. The molecule has 0 fully saturated rings. The molecule has 0 radical (unpaired) electrons. The maximum absolute atomic E-state index is 12.7. The third-order valence-electron chi connectivity index (χ3n) is 3.82. The van der Waals surface area contributed by atoms with Crippen molar-refractivity contribution in [2.24, 2.45) is 5.41 Å². The van der Waals surface area contributed by atoms with E-state index in [2.05, 4.69) is 34.6 Å². The summed E-state index contributed by atoms with van der Waals surface area (Å²) in [6.45, 7) is 16.4. The molecule has 3 heteroatoms. The molecule has 2 nitrogen and oxygen atoms in total. The molecule has 0 bridgehead atoms. The van der Waals surface area contributed by atoms with Crippen molar-refractivity contribution >= 4 is 0 Å². The third-order valence-corrected chi connectivity index (χ3v) is 3.82. The first kappa shape index (κ1) is 22.9. The van der Waals surface area contributed by atoms with E-state index in [-0.39, 0.29) is 16.8 Å². The van der Waals surface area contributed by atoms with Crippen LogP contribution in [0.2, 0.25) is 0 Å². The van der Waals surface area contributed by atoms with Gasteiger partial charge in [-0.25, -0.2) is 4.39 Å². The lowest BCUT2D eigenvalue weighted by Gasteiger charge is -2.37. The van der Waals surface area contributed by atoms with Crippen LogP contribution >= 0.6 is 0 Å². The third kappa shape index (κ3) is 8.14. The second-order valence-electron chi connectivity index (χ2n) is 6.38. The quantitative estimate of drug-likeness (QED) is 0.703. The van der Waals surface area contributed by atoms with Crippen LogP contribution in [0.15, 0.2) is 18.2 Å². The second-order valence-corrected chi connectivity index (χ2v) is 6.38. The summed E-state index contributed by atoms with van der Waals surface area (Å²) in [4.78, 5) is 0. The van der Waals surface area contributed by atoms with Gasteiger partial charge < -0.3 is 4.74 Å². The minimum Gasteiger partial charge on any atom is -0.378 e. The molecule has 0 heterocycles. The number of nitrogens with zero attached hydrogens (tertiary/aromatic N) is 1. The van der Waals surface area contributed by atoms with Gasteiger partial charge in [0.25, 0.3) is 0 Å². The van der Waals surface area contributed by atoms with Crippen LogP contribution in [-0.2, 0) is 11.2 Å². The molecule has 0 aromatic heterocycles. The number of hydrogen-bond donors (Lipinski definition) is 0. The van der Waals surface area contributed by atoms with E-state index in [1.54, 1.807) is 26.2 Å². The van der Waals surface area contributed by atoms with Crippen molar-refractivity contribution in [3.8, 4) is 6.07 Å². The Labute approximate surface area is 136 Å².